The molecule has 0 spiro atoms. The van der Waals surface area contributed by atoms with Crippen LogP contribution < -0.4 is 4.90 Å². The lowest BCUT2D eigenvalue weighted by molar-refractivity contribution is 0.0158. The van der Waals surface area contributed by atoms with E-state index in [9.17, 15) is 9.90 Å². The fourth-order valence-corrected chi connectivity index (χ4v) is 2.35. The molecule has 6 nitrogen and oxygen atoms in total. The first-order chi connectivity index (χ1) is 9.76. The van der Waals surface area contributed by atoms with Crippen LogP contribution in [0.25, 0.3) is 0 Å². The third kappa shape index (κ3) is 4.00. The summed E-state index contributed by atoms with van der Waals surface area (Å²) in [7, 11) is 0. The Morgan fingerprint density at radius 3 is 2.67 bits per heavy atom. The molecule has 1 amide bonds. The topological polar surface area (TPSA) is 65.9 Å². The molecule has 2 heterocycles. The minimum absolute atomic E-state index is 0.00900. The maximum atomic E-state index is 12.2. The van der Waals surface area contributed by atoms with Crippen molar-refractivity contribution in [1.82, 2.24) is 9.88 Å². The van der Waals surface area contributed by atoms with E-state index in [-0.39, 0.29) is 18.0 Å². The second-order valence-corrected chi connectivity index (χ2v) is 6.32. The summed E-state index contributed by atoms with van der Waals surface area (Å²) in [5.74, 6) is 0.736. The zero-order chi connectivity index (χ0) is 15.6. The summed E-state index contributed by atoms with van der Waals surface area (Å²) in [5, 5.41) is 9.46. The van der Waals surface area contributed by atoms with Gasteiger partial charge in [-0.05, 0) is 33.8 Å². The predicted octanol–water partition coefficient (Wildman–Crippen LogP) is 2.23. The van der Waals surface area contributed by atoms with Crippen LogP contribution >= 0.6 is 0 Å². The monoisotopic (exact) mass is 293 g/mol. The average Bonchev–Trinajstić information content (AvgIpc) is 2.36. The Kier molecular flexibility index (Phi) is 4.25. The van der Waals surface area contributed by atoms with E-state index in [2.05, 4.69) is 9.88 Å². The molecule has 1 aliphatic rings. The number of aromatic nitrogens is 1. The molecule has 1 N–H and O–H groups in total. The van der Waals surface area contributed by atoms with Crippen molar-refractivity contribution in [3.63, 3.8) is 0 Å². The van der Waals surface area contributed by atoms with Gasteiger partial charge in [-0.2, -0.15) is 4.98 Å². The summed E-state index contributed by atoms with van der Waals surface area (Å²) in [6, 6.07) is 5.19. The van der Waals surface area contributed by atoms with E-state index in [1.54, 1.807) is 17.0 Å². The highest BCUT2D eigenvalue weighted by Gasteiger charge is 2.31. The van der Waals surface area contributed by atoms with E-state index < -0.39 is 5.60 Å². The maximum Gasteiger partial charge on any atom is 0.410 e. The lowest BCUT2D eigenvalue weighted by atomic mass is 10.2. The SMILES string of the molecule is CC1CN(c2cccc(O)n2)CCN1C(=O)OC(C)(C)C. The molecule has 1 atom stereocenters. The van der Waals surface area contributed by atoms with Crippen molar-refractivity contribution in [3.05, 3.63) is 18.2 Å². The van der Waals surface area contributed by atoms with Crippen LogP contribution in [0.1, 0.15) is 27.7 Å². The Balaban J connectivity index is 2.01. The van der Waals surface area contributed by atoms with Crippen LogP contribution in [0.15, 0.2) is 18.2 Å². The number of carbonyl (C=O) groups excluding carboxylic acids is 1. The van der Waals surface area contributed by atoms with Crippen LogP contribution in [-0.2, 0) is 4.74 Å². The number of amides is 1. The van der Waals surface area contributed by atoms with Gasteiger partial charge in [0.25, 0.3) is 0 Å². The highest BCUT2D eigenvalue weighted by atomic mass is 16.6. The van der Waals surface area contributed by atoms with Crippen molar-refractivity contribution < 1.29 is 14.6 Å². The fourth-order valence-electron chi connectivity index (χ4n) is 2.35. The highest BCUT2D eigenvalue weighted by molar-refractivity contribution is 5.69. The molecule has 1 aromatic heterocycles. The molecule has 1 fully saturated rings. The Bertz CT molecular complexity index is 513. The van der Waals surface area contributed by atoms with Crippen LogP contribution in [-0.4, -0.2) is 52.4 Å². The number of anilines is 1. The minimum atomic E-state index is -0.485. The Morgan fingerprint density at radius 1 is 1.38 bits per heavy atom. The highest BCUT2D eigenvalue weighted by Crippen LogP contribution is 2.20. The molecule has 2 rings (SSSR count). The smallest absolute Gasteiger partial charge is 0.410 e. The number of hydrogen-bond donors (Lipinski definition) is 1. The molecular weight excluding hydrogens is 270 g/mol. The first-order valence-corrected chi connectivity index (χ1v) is 7.17. The molecule has 0 bridgehead atoms. The number of rotatable bonds is 1. The molecule has 0 aromatic carbocycles. The van der Waals surface area contributed by atoms with E-state index in [1.165, 1.54) is 0 Å². The van der Waals surface area contributed by atoms with E-state index in [4.69, 9.17) is 4.74 Å². The van der Waals surface area contributed by atoms with Crippen LogP contribution in [0.2, 0.25) is 0 Å². The number of aromatic hydroxyl groups is 1. The molecule has 0 saturated carbocycles. The van der Waals surface area contributed by atoms with Crippen molar-refractivity contribution in [3.8, 4) is 5.88 Å². The first-order valence-electron chi connectivity index (χ1n) is 7.17. The Morgan fingerprint density at radius 2 is 2.10 bits per heavy atom. The van der Waals surface area contributed by atoms with Gasteiger partial charge in [-0.3, -0.25) is 0 Å². The average molecular weight is 293 g/mol. The normalized spacial score (nSPS) is 19.5. The van der Waals surface area contributed by atoms with Gasteiger partial charge >= 0.3 is 6.09 Å². The lowest BCUT2D eigenvalue weighted by Gasteiger charge is -2.40. The van der Waals surface area contributed by atoms with Crippen molar-refractivity contribution >= 4 is 11.9 Å². The number of nitrogens with zero attached hydrogens (tertiary/aromatic N) is 3. The summed E-state index contributed by atoms with van der Waals surface area (Å²) in [4.78, 5) is 20.1. The predicted molar refractivity (Wildman–Crippen MR) is 80.5 cm³/mol. The fraction of sp³-hybridized carbons (Fsp3) is 0.600. The van der Waals surface area contributed by atoms with Crippen LogP contribution in [0.4, 0.5) is 10.6 Å². The number of hydrogen-bond acceptors (Lipinski definition) is 5. The summed E-state index contributed by atoms with van der Waals surface area (Å²) in [6.07, 6.45) is -0.279. The molecule has 6 heteroatoms. The number of piperazine rings is 1. The minimum Gasteiger partial charge on any atom is -0.493 e. The van der Waals surface area contributed by atoms with Gasteiger partial charge in [0.2, 0.25) is 5.88 Å². The number of pyridine rings is 1. The van der Waals surface area contributed by atoms with Crippen molar-refractivity contribution in [2.45, 2.75) is 39.3 Å². The van der Waals surface area contributed by atoms with Gasteiger partial charge in [-0.15, -0.1) is 0 Å². The van der Waals surface area contributed by atoms with Gasteiger partial charge in [-0.25, -0.2) is 4.79 Å². The van der Waals surface area contributed by atoms with Gasteiger partial charge in [0.1, 0.15) is 11.4 Å². The van der Waals surface area contributed by atoms with Crippen molar-refractivity contribution in [2.24, 2.45) is 0 Å². The van der Waals surface area contributed by atoms with Gasteiger partial charge in [0.15, 0.2) is 0 Å². The quantitative estimate of drug-likeness (QED) is 0.860. The molecule has 116 valence electrons. The molecule has 1 aromatic rings. The Labute approximate surface area is 125 Å². The largest absolute Gasteiger partial charge is 0.493 e. The van der Waals surface area contributed by atoms with Crippen LogP contribution in [0.5, 0.6) is 5.88 Å². The van der Waals surface area contributed by atoms with Gasteiger partial charge in [-0.1, -0.05) is 6.07 Å². The van der Waals surface area contributed by atoms with Gasteiger partial charge in [0.05, 0.1) is 0 Å². The summed E-state index contributed by atoms with van der Waals surface area (Å²) >= 11 is 0. The first kappa shape index (κ1) is 15.4. The van der Waals surface area contributed by atoms with Gasteiger partial charge < -0.3 is 19.6 Å². The van der Waals surface area contributed by atoms with E-state index in [0.717, 1.165) is 5.82 Å². The zero-order valence-electron chi connectivity index (χ0n) is 13.0. The number of ether oxygens (including phenoxy) is 1. The second kappa shape index (κ2) is 5.79. The summed E-state index contributed by atoms with van der Waals surface area (Å²) in [5.41, 5.74) is -0.485. The second-order valence-electron chi connectivity index (χ2n) is 6.32. The van der Waals surface area contributed by atoms with Crippen LogP contribution in [0.3, 0.4) is 0 Å². The molecule has 0 aliphatic carbocycles. The molecule has 0 radical (unpaired) electrons. The van der Waals surface area contributed by atoms with E-state index in [1.807, 2.05) is 33.8 Å². The Hall–Kier alpha value is -1.98. The molecular formula is C15H23N3O3. The molecule has 1 saturated heterocycles. The third-order valence-electron chi connectivity index (χ3n) is 3.30. The number of carbonyl (C=O) groups is 1. The summed E-state index contributed by atoms with van der Waals surface area (Å²) < 4.78 is 5.42. The zero-order valence-corrected chi connectivity index (χ0v) is 13.0. The van der Waals surface area contributed by atoms with E-state index >= 15 is 0 Å². The van der Waals surface area contributed by atoms with Gasteiger partial charge in [0, 0.05) is 31.7 Å². The molecule has 1 aliphatic heterocycles. The van der Waals surface area contributed by atoms with Crippen molar-refractivity contribution in [2.75, 3.05) is 24.5 Å². The standard InChI is InChI=1S/C15H23N3O3/c1-11-10-17(12-6-5-7-13(19)16-12)8-9-18(11)14(20)21-15(2,3)4/h5-7,11H,8-10H2,1-4H3,(H,16,19). The lowest BCUT2D eigenvalue weighted by Crippen LogP contribution is -2.55. The van der Waals surface area contributed by atoms with Crippen molar-refractivity contribution in [1.29, 1.82) is 0 Å². The summed E-state index contributed by atoms with van der Waals surface area (Å²) in [6.45, 7) is 9.48. The van der Waals surface area contributed by atoms with Crippen LogP contribution in [0, 0.1) is 0 Å². The maximum absolute atomic E-state index is 12.2. The third-order valence-corrected chi connectivity index (χ3v) is 3.30. The van der Waals surface area contributed by atoms with E-state index in [0.29, 0.717) is 19.6 Å². The molecule has 1 unspecified atom stereocenters. The molecule has 21 heavy (non-hydrogen) atoms.